The second-order valence-electron chi connectivity index (χ2n) is 5.20. The summed E-state index contributed by atoms with van der Waals surface area (Å²) in [5.74, 6) is 0.548. The van der Waals surface area contributed by atoms with E-state index in [4.69, 9.17) is 4.18 Å². The average Bonchev–Trinajstić information content (AvgIpc) is 2.69. The molecular weight excluding hydrogens is 248 g/mol. The Balaban J connectivity index is 2.02. The Morgan fingerprint density at radius 1 is 1.33 bits per heavy atom. The quantitative estimate of drug-likeness (QED) is 0.824. The van der Waals surface area contributed by atoms with Gasteiger partial charge in [0.15, 0.2) is 0 Å². The lowest BCUT2D eigenvalue weighted by molar-refractivity contribution is 0.293. The van der Waals surface area contributed by atoms with Gasteiger partial charge < -0.3 is 4.18 Å². The molecule has 1 aromatic rings. The molecule has 0 saturated carbocycles. The molecule has 1 atom stereocenters. The predicted octanol–water partition coefficient (Wildman–Crippen LogP) is 2.29. The zero-order chi connectivity index (χ0) is 13.2. The molecule has 1 fully saturated rings. The molecule has 2 rings (SSSR count). The largest absolute Gasteiger partial charge is 0.372 e. The van der Waals surface area contributed by atoms with E-state index in [-0.39, 0.29) is 5.54 Å². The molecule has 4 nitrogen and oxygen atoms in total. The standard InChI is InChI=1S/C13H18N2O2S/c1-13(2,3)15-10-12(17-18(15)16)14-9-11-7-5-4-6-8-11/h4-8H,9-10H2,1-3H3. The maximum Gasteiger partial charge on any atom is 0.293 e. The second-order valence-corrected chi connectivity index (χ2v) is 6.25. The van der Waals surface area contributed by atoms with Crippen molar-refractivity contribution in [3.63, 3.8) is 0 Å². The summed E-state index contributed by atoms with van der Waals surface area (Å²) in [5, 5.41) is 0. The summed E-state index contributed by atoms with van der Waals surface area (Å²) in [4.78, 5) is 4.37. The van der Waals surface area contributed by atoms with E-state index in [1.54, 1.807) is 4.31 Å². The Hall–Kier alpha value is -1.20. The molecule has 0 radical (unpaired) electrons. The third kappa shape index (κ3) is 3.17. The predicted molar refractivity (Wildman–Crippen MR) is 73.3 cm³/mol. The van der Waals surface area contributed by atoms with E-state index in [9.17, 15) is 4.21 Å². The highest BCUT2D eigenvalue weighted by Crippen LogP contribution is 2.21. The zero-order valence-corrected chi connectivity index (χ0v) is 11.7. The molecule has 1 unspecified atom stereocenters. The molecule has 0 aromatic heterocycles. The fourth-order valence-corrected chi connectivity index (χ4v) is 2.65. The highest BCUT2D eigenvalue weighted by Gasteiger charge is 2.36. The molecule has 98 valence electrons. The van der Waals surface area contributed by atoms with Crippen LogP contribution in [0.4, 0.5) is 0 Å². The first-order chi connectivity index (χ1) is 8.47. The fourth-order valence-electron chi connectivity index (χ4n) is 1.63. The minimum atomic E-state index is -1.42. The van der Waals surface area contributed by atoms with Gasteiger partial charge in [-0.1, -0.05) is 30.3 Å². The van der Waals surface area contributed by atoms with Crippen LogP contribution in [0.2, 0.25) is 0 Å². The molecule has 0 amide bonds. The number of hydrogen-bond donors (Lipinski definition) is 0. The lowest BCUT2D eigenvalue weighted by atomic mass is 10.1. The molecule has 0 bridgehead atoms. The number of hydrogen-bond acceptors (Lipinski definition) is 3. The molecule has 5 heteroatoms. The van der Waals surface area contributed by atoms with Crippen molar-refractivity contribution >= 4 is 17.2 Å². The van der Waals surface area contributed by atoms with Crippen LogP contribution in [0.5, 0.6) is 0 Å². The minimum Gasteiger partial charge on any atom is -0.372 e. The van der Waals surface area contributed by atoms with Crippen molar-refractivity contribution < 1.29 is 8.39 Å². The van der Waals surface area contributed by atoms with Crippen molar-refractivity contribution in [3.05, 3.63) is 35.9 Å². The van der Waals surface area contributed by atoms with E-state index in [2.05, 4.69) is 4.99 Å². The maximum atomic E-state index is 11.8. The van der Waals surface area contributed by atoms with Crippen LogP contribution in [0.1, 0.15) is 26.3 Å². The summed E-state index contributed by atoms with van der Waals surface area (Å²) in [5.41, 5.74) is 0.933. The highest BCUT2D eigenvalue weighted by atomic mass is 32.2. The summed E-state index contributed by atoms with van der Waals surface area (Å²) in [6.07, 6.45) is 0. The van der Waals surface area contributed by atoms with Gasteiger partial charge in [0.1, 0.15) is 0 Å². The van der Waals surface area contributed by atoms with Gasteiger partial charge in [-0.25, -0.2) is 4.99 Å². The van der Waals surface area contributed by atoms with E-state index in [1.165, 1.54) is 0 Å². The molecule has 1 aliphatic heterocycles. The van der Waals surface area contributed by atoms with Gasteiger partial charge in [-0.15, -0.1) is 0 Å². The first-order valence-corrected chi connectivity index (χ1v) is 6.95. The number of aliphatic imine (C=N–C) groups is 1. The SMILES string of the molecule is CC(C)(C)N1CC(=NCc2ccccc2)OS1=O. The molecule has 18 heavy (non-hydrogen) atoms. The van der Waals surface area contributed by atoms with E-state index in [0.717, 1.165) is 5.56 Å². The third-order valence-corrected chi connectivity index (χ3v) is 4.03. The Kier molecular flexibility index (Phi) is 3.82. The molecule has 1 saturated heterocycles. The Morgan fingerprint density at radius 2 is 2.00 bits per heavy atom. The monoisotopic (exact) mass is 266 g/mol. The van der Waals surface area contributed by atoms with Gasteiger partial charge in [-0.3, -0.25) is 0 Å². The van der Waals surface area contributed by atoms with Gasteiger partial charge in [0.05, 0.1) is 13.1 Å². The Morgan fingerprint density at radius 3 is 2.56 bits per heavy atom. The topological polar surface area (TPSA) is 41.9 Å². The summed E-state index contributed by atoms with van der Waals surface area (Å²) < 4.78 is 18.8. The summed E-state index contributed by atoms with van der Waals surface area (Å²) in [6, 6.07) is 9.95. The molecule has 0 spiro atoms. The van der Waals surface area contributed by atoms with Gasteiger partial charge in [-0.2, -0.15) is 8.51 Å². The Bertz CT molecular complexity index is 466. The van der Waals surface area contributed by atoms with Gasteiger partial charge in [0.25, 0.3) is 11.3 Å². The fraction of sp³-hybridized carbons (Fsp3) is 0.462. The third-order valence-electron chi connectivity index (χ3n) is 2.66. The van der Waals surface area contributed by atoms with Crippen molar-refractivity contribution in [2.45, 2.75) is 32.9 Å². The van der Waals surface area contributed by atoms with Crippen molar-refractivity contribution in [1.82, 2.24) is 4.31 Å². The van der Waals surface area contributed by atoms with Gasteiger partial charge in [-0.05, 0) is 26.3 Å². The lowest BCUT2D eigenvalue weighted by Crippen LogP contribution is -2.39. The van der Waals surface area contributed by atoms with Crippen LogP contribution in [0.15, 0.2) is 35.3 Å². The van der Waals surface area contributed by atoms with Crippen LogP contribution in [0.25, 0.3) is 0 Å². The first-order valence-electron chi connectivity index (χ1n) is 5.92. The lowest BCUT2D eigenvalue weighted by Gasteiger charge is -2.26. The van der Waals surface area contributed by atoms with Gasteiger partial charge in [0.2, 0.25) is 5.90 Å². The smallest absolute Gasteiger partial charge is 0.293 e. The van der Waals surface area contributed by atoms with Crippen LogP contribution < -0.4 is 0 Å². The van der Waals surface area contributed by atoms with E-state index >= 15 is 0 Å². The summed E-state index contributed by atoms with van der Waals surface area (Å²) in [6.45, 7) is 7.09. The normalized spacial score (nSPS) is 23.3. The first kappa shape index (κ1) is 13.2. The Labute approximate surface area is 110 Å². The van der Waals surface area contributed by atoms with Crippen LogP contribution in [0.3, 0.4) is 0 Å². The van der Waals surface area contributed by atoms with E-state index in [0.29, 0.717) is 19.0 Å². The zero-order valence-electron chi connectivity index (χ0n) is 10.9. The summed E-state index contributed by atoms with van der Waals surface area (Å²) >= 11 is -1.42. The summed E-state index contributed by atoms with van der Waals surface area (Å²) in [7, 11) is 0. The van der Waals surface area contributed by atoms with Crippen LogP contribution in [0, 0.1) is 0 Å². The van der Waals surface area contributed by atoms with Gasteiger partial charge >= 0.3 is 0 Å². The van der Waals surface area contributed by atoms with Crippen LogP contribution in [-0.2, 0) is 22.0 Å². The number of benzene rings is 1. The van der Waals surface area contributed by atoms with Crippen LogP contribution in [-0.4, -0.2) is 26.5 Å². The van der Waals surface area contributed by atoms with Crippen molar-refractivity contribution in [3.8, 4) is 0 Å². The van der Waals surface area contributed by atoms with Crippen molar-refractivity contribution in [2.75, 3.05) is 6.54 Å². The van der Waals surface area contributed by atoms with Crippen molar-refractivity contribution in [2.24, 2.45) is 4.99 Å². The average molecular weight is 266 g/mol. The molecule has 1 heterocycles. The van der Waals surface area contributed by atoms with Crippen LogP contribution >= 0.6 is 0 Å². The van der Waals surface area contributed by atoms with Gasteiger partial charge in [0, 0.05) is 5.54 Å². The maximum absolute atomic E-state index is 11.8. The number of nitrogens with zero attached hydrogens (tertiary/aromatic N) is 2. The second kappa shape index (κ2) is 5.20. The molecule has 1 aromatic carbocycles. The number of rotatable bonds is 2. The van der Waals surface area contributed by atoms with Crippen molar-refractivity contribution in [1.29, 1.82) is 0 Å². The minimum absolute atomic E-state index is 0.186. The molecular formula is C13H18N2O2S. The molecule has 0 N–H and O–H groups in total. The molecule has 0 aliphatic carbocycles. The van der Waals surface area contributed by atoms with E-state index in [1.807, 2.05) is 51.1 Å². The highest BCUT2D eigenvalue weighted by molar-refractivity contribution is 7.78. The molecule has 1 aliphatic rings. The van der Waals surface area contributed by atoms with E-state index < -0.39 is 11.3 Å².